The number of aryl methyl sites for hydroxylation is 2. The van der Waals surface area contributed by atoms with Gasteiger partial charge in [0, 0.05) is 38.0 Å². The van der Waals surface area contributed by atoms with Crippen LogP contribution < -0.4 is 9.62 Å². The van der Waals surface area contributed by atoms with E-state index >= 15 is 0 Å². The summed E-state index contributed by atoms with van der Waals surface area (Å²) in [6.45, 7) is 1.89. The predicted molar refractivity (Wildman–Crippen MR) is 104 cm³/mol. The second kappa shape index (κ2) is 7.24. The first-order valence-electron chi connectivity index (χ1n) is 8.46. The Morgan fingerprint density at radius 1 is 1.22 bits per heavy atom. The summed E-state index contributed by atoms with van der Waals surface area (Å²) in [7, 11) is 0.336. The minimum absolute atomic E-state index is 0.0825. The van der Waals surface area contributed by atoms with Crippen molar-refractivity contribution in [2.75, 3.05) is 18.2 Å². The third kappa shape index (κ3) is 4.09. The third-order valence-electron chi connectivity index (χ3n) is 4.46. The molecule has 3 rings (SSSR count). The standard InChI is InChI=1S/C18H22FN5O2S/c1-5-12-6-13(9-22-27(4,25)26)14(19)7-16(12)24(3)18-8-17-15(10-20-18)21-11-23(17)2/h6-8,10-11,22H,5,9H2,1-4H3. The summed E-state index contributed by atoms with van der Waals surface area (Å²) in [5.74, 6) is 0.203. The first-order chi connectivity index (χ1) is 12.7. The molecule has 0 amide bonds. The molecule has 0 saturated carbocycles. The van der Waals surface area contributed by atoms with Gasteiger partial charge in [0.2, 0.25) is 10.0 Å². The summed E-state index contributed by atoms with van der Waals surface area (Å²) >= 11 is 0. The van der Waals surface area contributed by atoms with Gasteiger partial charge in [-0.15, -0.1) is 0 Å². The van der Waals surface area contributed by atoms with Crippen molar-refractivity contribution in [1.29, 1.82) is 0 Å². The van der Waals surface area contributed by atoms with Crippen molar-refractivity contribution in [3.8, 4) is 0 Å². The average molecular weight is 391 g/mol. The highest BCUT2D eigenvalue weighted by Gasteiger charge is 2.16. The van der Waals surface area contributed by atoms with Crippen LogP contribution in [0.4, 0.5) is 15.9 Å². The molecular formula is C18H22FN5O2S. The Morgan fingerprint density at radius 2 is 1.96 bits per heavy atom. The minimum atomic E-state index is -3.39. The van der Waals surface area contributed by atoms with E-state index in [1.54, 1.807) is 18.6 Å². The van der Waals surface area contributed by atoms with Gasteiger partial charge in [-0.1, -0.05) is 6.92 Å². The maximum Gasteiger partial charge on any atom is 0.209 e. The SMILES string of the molecule is CCc1cc(CNS(C)(=O)=O)c(F)cc1N(C)c1cc2c(cn1)ncn2C. The Labute approximate surface area is 157 Å². The van der Waals surface area contributed by atoms with E-state index in [0.29, 0.717) is 23.5 Å². The number of anilines is 2. The van der Waals surface area contributed by atoms with Crippen LogP contribution in [0.15, 0.2) is 30.7 Å². The van der Waals surface area contributed by atoms with Crippen molar-refractivity contribution in [3.05, 3.63) is 47.7 Å². The molecule has 1 aromatic carbocycles. The Kier molecular flexibility index (Phi) is 5.16. The first kappa shape index (κ1) is 19.2. The van der Waals surface area contributed by atoms with Gasteiger partial charge < -0.3 is 9.47 Å². The van der Waals surface area contributed by atoms with Crippen molar-refractivity contribution in [1.82, 2.24) is 19.3 Å². The number of sulfonamides is 1. The number of nitrogens with one attached hydrogen (secondary N) is 1. The molecule has 0 aliphatic carbocycles. The topological polar surface area (TPSA) is 80.1 Å². The molecular weight excluding hydrogens is 369 g/mol. The molecule has 0 aliphatic rings. The summed E-state index contributed by atoms with van der Waals surface area (Å²) in [5.41, 5.74) is 3.62. The van der Waals surface area contributed by atoms with Crippen molar-refractivity contribution < 1.29 is 12.8 Å². The van der Waals surface area contributed by atoms with Crippen LogP contribution in [-0.2, 0) is 30.0 Å². The molecule has 0 unspecified atom stereocenters. The molecule has 2 aromatic heterocycles. The van der Waals surface area contributed by atoms with Crippen LogP contribution >= 0.6 is 0 Å². The average Bonchev–Trinajstić information content (AvgIpc) is 2.99. The number of fused-ring (bicyclic) bond motifs is 1. The third-order valence-corrected chi connectivity index (χ3v) is 5.12. The zero-order chi connectivity index (χ0) is 19.8. The summed E-state index contributed by atoms with van der Waals surface area (Å²) in [5, 5.41) is 0. The van der Waals surface area contributed by atoms with Gasteiger partial charge in [-0.25, -0.2) is 27.5 Å². The number of rotatable bonds is 6. The van der Waals surface area contributed by atoms with Crippen LogP contribution in [0.2, 0.25) is 0 Å². The normalized spacial score (nSPS) is 11.9. The van der Waals surface area contributed by atoms with Crippen molar-refractivity contribution in [2.24, 2.45) is 7.05 Å². The minimum Gasteiger partial charge on any atom is -0.334 e. The van der Waals surface area contributed by atoms with E-state index < -0.39 is 15.8 Å². The van der Waals surface area contributed by atoms with Gasteiger partial charge in [-0.2, -0.15) is 0 Å². The van der Waals surface area contributed by atoms with E-state index in [9.17, 15) is 12.8 Å². The van der Waals surface area contributed by atoms with Crippen molar-refractivity contribution in [3.63, 3.8) is 0 Å². The van der Waals surface area contributed by atoms with E-state index in [4.69, 9.17) is 0 Å². The van der Waals surface area contributed by atoms with Crippen LogP contribution in [0, 0.1) is 5.82 Å². The molecule has 0 spiro atoms. The van der Waals surface area contributed by atoms with Gasteiger partial charge in [-0.3, -0.25) is 0 Å². The molecule has 0 aliphatic heterocycles. The second-order valence-corrected chi connectivity index (χ2v) is 8.30. The summed E-state index contributed by atoms with van der Waals surface area (Å²) < 4.78 is 41.4. The number of aromatic nitrogens is 3. The molecule has 0 saturated heterocycles. The number of pyridine rings is 1. The number of hydrogen-bond acceptors (Lipinski definition) is 5. The van der Waals surface area contributed by atoms with E-state index in [1.807, 2.05) is 36.6 Å². The second-order valence-electron chi connectivity index (χ2n) is 6.46. The van der Waals surface area contributed by atoms with Crippen molar-refractivity contribution in [2.45, 2.75) is 19.9 Å². The van der Waals surface area contributed by atoms with Crippen LogP contribution in [0.1, 0.15) is 18.1 Å². The lowest BCUT2D eigenvalue weighted by atomic mass is 10.0. The molecule has 1 N–H and O–H groups in total. The predicted octanol–water partition coefficient (Wildman–Crippen LogP) is 2.49. The maximum atomic E-state index is 14.6. The summed E-state index contributed by atoms with van der Waals surface area (Å²) in [6, 6.07) is 5.02. The molecule has 144 valence electrons. The van der Waals surface area contributed by atoms with Crippen LogP contribution in [0.25, 0.3) is 11.0 Å². The molecule has 0 atom stereocenters. The largest absolute Gasteiger partial charge is 0.334 e. The fourth-order valence-electron chi connectivity index (χ4n) is 2.93. The summed E-state index contributed by atoms with van der Waals surface area (Å²) in [4.78, 5) is 10.5. The van der Waals surface area contributed by atoms with Gasteiger partial charge in [-0.05, 0) is 24.1 Å². The quantitative estimate of drug-likeness (QED) is 0.698. The van der Waals surface area contributed by atoms with E-state index in [2.05, 4.69) is 14.7 Å². The van der Waals surface area contributed by atoms with E-state index in [1.165, 1.54) is 6.07 Å². The molecule has 0 radical (unpaired) electrons. The van der Waals surface area contributed by atoms with Gasteiger partial charge >= 0.3 is 0 Å². The Balaban J connectivity index is 1.98. The molecule has 3 aromatic rings. The van der Waals surface area contributed by atoms with Crippen LogP contribution in [0.5, 0.6) is 0 Å². The van der Waals surface area contributed by atoms with Gasteiger partial charge in [0.25, 0.3) is 0 Å². The maximum absolute atomic E-state index is 14.6. The zero-order valence-corrected chi connectivity index (χ0v) is 16.5. The van der Waals surface area contributed by atoms with Gasteiger partial charge in [0.1, 0.15) is 17.2 Å². The number of hydrogen-bond donors (Lipinski definition) is 1. The number of nitrogens with zero attached hydrogens (tertiary/aromatic N) is 4. The van der Waals surface area contributed by atoms with Gasteiger partial charge in [0.05, 0.1) is 24.3 Å². The van der Waals surface area contributed by atoms with E-state index in [-0.39, 0.29) is 6.54 Å². The zero-order valence-electron chi connectivity index (χ0n) is 15.7. The van der Waals surface area contributed by atoms with Gasteiger partial charge in [0.15, 0.2) is 0 Å². The van der Waals surface area contributed by atoms with Crippen molar-refractivity contribution >= 4 is 32.6 Å². The highest BCUT2D eigenvalue weighted by molar-refractivity contribution is 7.88. The number of imidazole rings is 1. The molecule has 2 heterocycles. The Hall–Kier alpha value is -2.52. The number of benzene rings is 1. The molecule has 0 fully saturated rings. The fourth-order valence-corrected chi connectivity index (χ4v) is 3.34. The lowest BCUT2D eigenvalue weighted by Gasteiger charge is -2.22. The number of halogens is 1. The first-order valence-corrected chi connectivity index (χ1v) is 10.4. The Bertz CT molecular complexity index is 1090. The molecule has 0 bridgehead atoms. The monoisotopic (exact) mass is 391 g/mol. The smallest absolute Gasteiger partial charge is 0.209 e. The molecule has 9 heteroatoms. The van der Waals surface area contributed by atoms with Crippen LogP contribution in [-0.4, -0.2) is 36.3 Å². The highest BCUT2D eigenvalue weighted by atomic mass is 32.2. The fraction of sp³-hybridized carbons (Fsp3) is 0.333. The molecule has 7 nitrogen and oxygen atoms in total. The Morgan fingerprint density at radius 3 is 2.63 bits per heavy atom. The highest BCUT2D eigenvalue weighted by Crippen LogP contribution is 2.30. The lowest BCUT2D eigenvalue weighted by molar-refractivity contribution is 0.579. The van der Waals surface area contributed by atoms with Crippen LogP contribution in [0.3, 0.4) is 0 Å². The molecule has 27 heavy (non-hydrogen) atoms. The van der Waals surface area contributed by atoms with E-state index in [0.717, 1.165) is 22.9 Å². The lowest BCUT2D eigenvalue weighted by Crippen LogP contribution is -2.22. The summed E-state index contributed by atoms with van der Waals surface area (Å²) in [6.07, 6.45) is 5.12.